The van der Waals surface area contributed by atoms with Gasteiger partial charge in [0, 0.05) is 0 Å². The zero-order valence-electron chi connectivity index (χ0n) is 9.30. The Hall–Kier alpha value is -1.94. The first-order chi connectivity index (χ1) is 8.29. The van der Waals surface area contributed by atoms with Crippen molar-refractivity contribution in [2.75, 3.05) is 6.61 Å². The lowest BCUT2D eigenvalue weighted by atomic mass is 10.1. The lowest BCUT2D eigenvalue weighted by Crippen LogP contribution is -2.18. The first kappa shape index (κ1) is 11.5. The van der Waals surface area contributed by atoms with Crippen molar-refractivity contribution in [1.29, 1.82) is 0 Å². The van der Waals surface area contributed by atoms with Gasteiger partial charge < -0.3 is 9.84 Å². The van der Waals surface area contributed by atoms with Crippen LogP contribution in [0.5, 0.6) is 0 Å². The Bertz CT molecular complexity index is 463. The van der Waals surface area contributed by atoms with E-state index in [2.05, 4.69) is 4.99 Å². The van der Waals surface area contributed by atoms with Crippen LogP contribution in [0.1, 0.15) is 12.0 Å². The molecule has 0 spiro atoms. The highest BCUT2D eigenvalue weighted by Crippen LogP contribution is 2.12. The molecule has 0 unspecified atom stereocenters. The van der Waals surface area contributed by atoms with Gasteiger partial charge >= 0.3 is 0 Å². The SMILES string of the molecule is O=C1CC(CO)=NC=C1OCc1ccccc1. The highest BCUT2D eigenvalue weighted by molar-refractivity contribution is 6.10. The Morgan fingerprint density at radius 2 is 2.06 bits per heavy atom. The monoisotopic (exact) mass is 231 g/mol. The lowest BCUT2D eigenvalue weighted by Gasteiger charge is -2.12. The summed E-state index contributed by atoms with van der Waals surface area (Å²) in [6.07, 6.45) is 1.51. The molecule has 88 valence electrons. The molecular weight excluding hydrogens is 218 g/mol. The molecular formula is C13H13NO3. The number of rotatable bonds is 4. The van der Waals surface area contributed by atoms with Crippen molar-refractivity contribution in [3.8, 4) is 0 Å². The zero-order chi connectivity index (χ0) is 12.1. The number of aliphatic hydroxyl groups is 1. The number of hydrogen-bond donors (Lipinski definition) is 1. The van der Waals surface area contributed by atoms with Crippen molar-refractivity contribution >= 4 is 11.5 Å². The fourth-order valence-electron chi connectivity index (χ4n) is 1.49. The van der Waals surface area contributed by atoms with E-state index < -0.39 is 0 Å². The van der Waals surface area contributed by atoms with Gasteiger partial charge in [0.2, 0.25) is 5.78 Å². The third kappa shape index (κ3) is 3.01. The first-order valence-corrected chi connectivity index (χ1v) is 5.36. The summed E-state index contributed by atoms with van der Waals surface area (Å²) in [6.45, 7) is 0.163. The van der Waals surface area contributed by atoms with Crippen LogP contribution in [-0.4, -0.2) is 23.2 Å². The van der Waals surface area contributed by atoms with E-state index in [4.69, 9.17) is 9.84 Å². The maximum absolute atomic E-state index is 11.6. The third-order valence-corrected chi connectivity index (χ3v) is 2.42. The number of hydrogen-bond acceptors (Lipinski definition) is 4. The molecule has 0 bridgehead atoms. The minimum Gasteiger partial charge on any atom is -0.484 e. The smallest absolute Gasteiger partial charge is 0.204 e. The Kier molecular flexibility index (Phi) is 3.67. The van der Waals surface area contributed by atoms with E-state index >= 15 is 0 Å². The molecule has 1 N–H and O–H groups in total. The first-order valence-electron chi connectivity index (χ1n) is 5.36. The van der Waals surface area contributed by atoms with Gasteiger partial charge in [-0.05, 0) is 5.56 Å². The van der Waals surface area contributed by atoms with Crippen LogP contribution in [0.25, 0.3) is 0 Å². The van der Waals surface area contributed by atoms with Crippen molar-refractivity contribution in [1.82, 2.24) is 0 Å². The number of nitrogens with zero attached hydrogens (tertiary/aromatic N) is 1. The molecule has 1 heterocycles. The highest BCUT2D eigenvalue weighted by atomic mass is 16.5. The van der Waals surface area contributed by atoms with Crippen LogP contribution in [0.15, 0.2) is 47.3 Å². The van der Waals surface area contributed by atoms with E-state index in [1.807, 2.05) is 30.3 Å². The Morgan fingerprint density at radius 3 is 2.71 bits per heavy atom. The Labute approximate surface area is 99.3 Å². The van der Waals surface area contributed by atoms with Crippen molar-refractivity contribution in [2.45, 2.75) is 13.0 Å². The average molecular weight is 231 g/mol. The van der Waals surface area contributed by atoms with Crippen LogP contribution in [0, 0.1) is 0 Å². The van der Waals surface area contributed by atoms with E-state index in [9.17, 15) is 4.79 Å². The van der Waals surface area contributed by atoms with Gasteiger partial charge in [-0.15, -0.1) is 0 Å². The van der Waals surface area contributed by atoms with Gasteiger partial charge in [0.05, 0.1) is 24.9 Å². The van der Waals surface area contributed by atoms with Crippen LogP contribution in [-0.2, 0) is 16.1 Å². The second-order valence-corrected chi connectivity index (χ2v) is 3.72. The molecule has 0 saturated heterocycles. The Balaban J connectivity index is 1.98. The topological polar surface area (TPSA) is 58.9 Å². The van der Waals surface area contributed by atoms with Gasteiger partial charge in [-0.2, -0.15) is 0 Å². The van der Waals surface area contributed by atoms with Gasteiger partial charge in [-0.3, -0.25) is 9.79 Å². The molecule has 0 amide bonds. The molecule has 1 aromatic carbocycles. The lowest BCUT2D eigenvalue weighted by molar-refractivity contribution is -0.118. The molecule has 0 aliphatic carbocycles. The molecule has 1 aliphatic rings. The van der Waals surface area contributed by atoms with Crippen LogP contribution in [0.3, 0.4) is 0 Å². The second kappa shape index (κ2) is 5.41. The number of ether oxygens (including phenoxy) is 1. The minimum atomic E-state index is -0.186. The molecule has 0 radical (unpaired) electrons. The summed E-state index contributed by atoms with van der Waals surface area (Å²) < 4.78 is 5.40. The van der Waals surface area contributed by atoms with Crippen molar-refractivity contribution in [3.05, 3.63) is 47.9 Å². The number of aliphatic imine (C=N–C) groups is 1. The molecule has 17 heavy (non-hydrogen) atoms. The quantitative estimate of drug-likeness (QED) is 0.853. The number of carbonyl (C=O) groups is 1. The third-order valence-electron chi connectivity index (χ3n) is 2.42. The summed E-state index contributed by atoms with van der Waals surface area (Å²) in [5.41, 5.74) is 1.47. The molecule has 0 atom stereocenters. The predicted molar refractivity (Wildman–Crippen MR) is 63.5 cm³/mol. The van der Waals surface area contributed by atoms with E-state index in [1.165, 1.54) is 6.20 Å². The highest BCUT2D eigenvalue weighted by Gasteiger charge is 2.17. The molecule has 1 aliphatic heterocycles. The molecule has 2 rings (SSSR count). The van der Waals surface area contributed by atoms with E-state index in [0.29, 0.717) is 12.3 Å². The maximum atomic E-state index is 11.6. The van der Waals surface area contributed by atoms with E-state index in [0.717, 1.165) is 5.56 Å². The summed E-state index contributed by atoms with van der Waals surface area (Å²) in [5, 5.41) is 8.85. The van der Waals surface area contributed by atoms with Gasteiger partial charge in [0.15, 0.2) is 5.76 Å². The average Bonchev–Trinajstić information content (AvgIpc) is 2.38. The number of allylic oxidation sites excluding steroid dienone is 1. The summed E-state index contributed by atoms with van der Waals surface area (Å²) >= 11 is 0. The number of benzene rings is 1. The van der Waals surface area contributed by atoms with Crippen LogP contribution in [0.2, 0.25) is 0 Å². The molecule has 0 fully saturated rings. The minimum absolute atomic E-state index is 0.136. The van der Waals surface area contributed by atoms with Gasteiger partial charge in [0.25, 0.3) is 0 Å². The number of aliphatic hydroxyl groups excluding tert-OH is 1. The summed E-state index contributed by atoms with van der Waals surface area (Å²) in [7, 11) is 0. The van der Waals surface area contributed by atoms with Crippen molar-refractivity contribution < 1.29 is 14.6 Å². The standard InChI is InChI=1S/C13H13NO3/c15-8-11-6-12(16)13(7-14-11)17-9-10-4-2-1-3-5-10/h1-5,7,15H,6,8-9H2. The zero-order valence-corrected chi connectivity index (χ0v) is 9.30. The van der Waals surface area contributed by atoms with E-state index in [-0.39, 0.29) is 24.6 Å². The Morgan fingerprint density at radius 1 is 1.29 bits per heavy atom. The van der Waals surface area contributed by atoms with E-state index in [1.54, 1.807) is 0 Å². The maximum Gasteiger partial charge on any atom is 0.204 e. The number of carbonyl (C=O) groups excluding carboxylic acids is 1. The summed E-state index contributed by atoms with van der Waals surface area (Å²) in [4.78, 5) is 15.6. The molecule has 4 heteroatoms. The largest absolute Gasteiger partial charge is 0.484 e. The normalized spacial score (nSPS) is 15.2. The van der Waals surface area contributed by atoms with Gasteiger partial charge in [0.1, 0.15) is 6.61 Å². The molecule has 0 saturated carbocycles. The summed E-state index contributed by atoms with van der Waals surface area (Å²) in [6, 6.07) is 9.61. The molecule has 1 aromatic rings. The predicted octanol–water partition coefficient (Wildman–Crippen LogP) is 1.45. The fraction of sp³-hybridized carbons (Fsp3) is 0.231. The van der Waals surface area contributed by atoms with Crippen molar-refractivity contribution in [2.24, 2.45) is 4.99 Å². The number of ketones is 1. The molecule has 0 aromatic heterocycles. The van der Waals surface area contributed by atoms with Crippen LogP contribution >= 0.6 is 0 Å². The fourth-order valence-corrected chi connectivity index (χ4v) is 1.49. The van der Waals surface area contributed by atoms with Crippen molar-refractivity contribution in [3.63, 3.8) is 0 Å². The second-order valence-electron chi connectivity index (χ2n) is 3.72. The summed E-state index contributed by atoms with van der Waals surface area (Å²) in [5.74, 6) is 0.117. The van der Waals surface area contributed by atoms with Crippen LogP contribution < -0.4 is 0 Å². The number of Topliss-reactive ketones (excluding diaryl/α,β-unsaturated/α-hetero) is 1. The van der Waals surface area contributed by atoms with Crippen LogP contribution in [0.4, 0.5) is 0 Å². The molecule has 4 nitrogen and oxygen atoms in total. The van der Waals surface area contributed by atoms with Gasteiger partial charge in [-0.25, -0.2) is 0 Å². The van der Waals surface area contributed by atoms with Gasteiger partial charge in [-0.1, -0.05) is 30.3 Å².